The molecule has 0 spiro atoms. The van der Waals surface area contributed by atoms with Crippen molar-refractivity contribution in [2.75, 3.05) is 5.32 Å². The molecule has 0 aliphatic carbocycles. The standard InChI is InChI=1S/C14H10Br2Cl3N/c1-7(9-3-2-8(15)4-10(9)16)20-14-6-12(18)11(17)5-13(14)19/h2-7,20H,1H3. The maximum Gasteiger partial charge on any atom is 0.0653 e. The van der Waals surface area contributed by atoms with Crippen LogP contribution in [-0.4, -0.2) is 0 Å². The van der Waals surface area contributed by atoms with Crippen LogP contribution in [0.5, 0.6) is 0 Å². The molecule has 1 nitrogen and oxygen atoms in total. The number of halogens is 5. The van der Waals surface area contributed by atoms with Crippen molar-refractivity contribution in [3.63, 3.8) is 0 Å². The van der Waals surface area contributed by atoms with E-state index in [0.717, 1.165) is 20.2 Å². The summed E-state index contributed by atoms with van der Waals surface area (Å²) in [5.74, 6) is 0. The first-order chi connectivity index (χ1) is 9.38. The zero-order valence-electron chi connectivity index (χ0n) is 10.4. The van der Waals surface area contributed by atoms with Gasteiger partial charge in [0.25, 0.3) is 0 Å². The molecule has 0 heterocycles. The molecule has 2 rings (SSSR count). The Balaban J connectivity index is 2.27. The molecule has 0 bridgehead atoms. The number of anilines is 1. The number of hydrogen-bond donors (Lipinski definition) is 1. The largest absolute Gasteiger partial charge is 0.377 e. The normalized spacial score (nSPS) is 12.3. The highest BCUT2D eigenvalue weighted by molar-refractivity contribution is 9.11. The van der Waals surface area contributed by atoms with Gasteiger partial charge >= 0.3 is 0 Å². The molecule has 106 valence electrons. The zero-order chi connectivity index (χ0) is 14.9. The fourth-order valence-electron chi connectivity index (χ4n) is 1.80. The first-order valence-electron chi connectivity index (χ1n) is 5.74. The summed E-state index contributed by atoms with van der Waals surface area (Å²) >= 11 is 25.1. The van der Waals surface area contributed by atoms with Gasteiger partial charge in [-0.15, -0.1) is 0 Å². The van der Waals surface area contributed by atoms with Gasteiger partial charge < -0.3 is 5.32 Å². The molecular weight excluding hydrogens is 448 g/mol. The van der Waals surface area contributed by atoms with Crippen LogP contribution in [0.15, 0.2) is 39.3 Å². The third kappa shape index (κ3) is 3.83. The van der Waals surface area contributed by atoms with E-state index < -0.39 is 0 Å². The Bertz CT molecular complexity index is 647. The van der Waals surface area contributed by atoms with E-state index in [1.807, 2.05) is 25.1 Å². The Labute approximate surface area is 149 Å². The monoisotopic (exact) mass is 455 g/mol. The summed E-state index contributed by atoms with van der Waals surface area (Å²) < 4.78 is 2.04. The van der Waals surface area contributed by atoms with Crippen molar-refractivity contribution < 1.29 is 0 Å². The molecule has 1 unspecified atom stereocenters. The van der Waals surface area contributed by atoms with Crippen LogP contribution in [0.2, 0.25) is 15.1 Å². The lowest BCUT2D eigenvalue weighted by Crippen LogP contribution is -2.07. The maximum atomic E-state index is 6.17. The summed E-state index contributed by atoms with van der Waals surface area (Å²) in [5.41, 5.74) is 1.87. The van der Waals surface area contributed by atoms with E-state index in [0.29, 0.717) is 15.1 Å². The Morgan fingerprint density at radius 2 is 1.60 bits per heavy atom. The van der Waals surface area contributed by atoms with Gasteiger partial charge in [-0.05, 0) is 36.8 Å². The van der Waals surface area contributed by atoms with E-state index in [1.165, 1.54) is 0 Å². The highest BCUT2D eigenvalue weighted by atomic mass is 79.9. The van der Waals surface area contributed by atoms with Crippen LogP contribution in [0.4, 0.5) is 5.69 Å². The molecule has 1 N–H and O–H groups in total. The number of rotatable bonds is 3. The van der Waals surface area contributed by atoms with Gasteiger partial charge in [0.1, 0.15) is 0 Å². The molecule has 0 radical (unpaired) electrons. The second-order valence-corrected chi connectivity index (χ2v) is 7.27. The second-order valence-electron chi connectivity index (χ2n) is 4.28. The molecule has 0 saturated carbocycles. The summed E-state index contributed by atoms with van der Waals surface area (Å²) in [6.07, 6.45) is 0. The van der Waals surface area contributed by atoms with Gasteiger partial charge in [-0.2, -0.15) is 0 Å². The average Bonchev–Trinajstić information content (AvgIpc) is 2.35. The first kappa shape index (κ1) is 16.4. The topological polar surface area (TPSA) is 12.0 Å². The van der Waals surface area contributed by atoms with Crippen molar-refractivity contribution in [1.82, 2.24) is 0 Å². The molecule has 2 aromatic rings. The minimum Gasteiger partial charge on any atom is -0.377 e. The van der Waals surface area contributed by atoms with Crippen LogP contribution in [0.1, 0.15) is 18.5 Å². The molecule has 0 amide bonds. The minimum absolute atomic E-state index is 0.0622. The van der Waals surface area contributed by atoms with Crippen LogP contribution in [0.3, 0.4) is 0 Å². The molecular formula is C14H10Br2Cl3N. The van der Waals surface area contributed by atoms with E-state index in [4.69, 9.17) is 34.8 Å². The van der Waals surface area contributed by atoms with E-state index in [2.05, 4.69) is 37.2 Å². The zero-order valence-corrected chi connectivity index (χ0v) is 15.8. The smallest absolute Gasteiger partial charge is 0.0653 e. The van der Waals surface area contributed by atoms with Crippen molar-refractivity contribution in [2.24, 2.45) is 0 Å². The summed E-state index contributed by atoms with van der Waals surface area (Å²) in [6.45, 7) is 2.05. The van der Waals surface area contributed by atoms with Gasteiger partial charge in [0.05, 0.1) is 20.8 Å². The molecule has 0 aliphatic heterocycles. The Hall–Kier alpha value is 0.0700. The summed E-state index contributed by atoms with van der Waals surface area (Å²) in [4.78, 5) is 0. The van der Waals surface area contributed by atoms with Crippen molar-refractivity contribution >= 4 is 72.4 Å². The van der Waals surface area contributed by atoms with Gasteiger partial charge in [-0.1, -0.05) is 72.7 Å². The van der Waals surface area contributed by atoms with Crippen molar-refractivity contribution in [3.05, 3.63) is 59.9 Å². The Morgan fingerprint density at radius 1 is 0.950 bits per heavy atom. The third-order valence-electron chi connectivity index (χ3n) is 2.81. The fraction of sp³-hybridized carbons (Fsp3) is 0.143. The fourth-order valence-corrected chi connectivity index (χ4v) is 3.79. The van der Waals surface area contributed by atoms with Gasteiger partial charge in [-0.3, -0.25) is 0 Å². The predicted octanol–water partition coefficient (Wildman–Crippen LogP) is 7.34. The van der Waals surface area contributed by atoms with E-state index in [9.17, 15) is 0 Å². The van der Waals surface area contributed by atoms with Crippen molar-refractivity contribution in [2.45, 2.75) is 13.0 Å². The van der Waals surface area contributed by atoms with Gasteiger partial charge in [0, 0.05) is 15.0 Å². The molecule has 1 atom stereocenters. The van der Waals surface area contributed by atoms with E-state index in [-0.39, 0.29) is 6.04 Å². The lowest BCUT2D eigenvalue weighted by Gasteiger charge is -2.19. The predicted molar refractivity (Wildman–Crippen MR) is 95.4 cm³/mol. The molecule has 0 aliphatic rings. The molecule has 6 heteroatoms. The van der Waals surface area contributed by atoms with Crippen LogP contribution < -0.4 is 5.32 Å². The summed E-state index contributed by atoms with van der Waals surface area (Å²) in [5, 5.41) is 4.79. The molecule has 0 fully saturated rings. The Morgan fingerprint density at radius 3 is 2.25 bits per heavy atom. The molecule has 20 heavy (non-hydrogen) atoms. The lowest BCUT2D eigenvalue weighted by molar-refractivity contribution is 0.878. The number of nitrogens with one attached hydrogen (secondary N) is 1. The van der Waals surface area contributed by atoms with Crippen molar-refractivity contribution in [3.8, 4) is 0 Å². The summed E-state index contributed by atoms with van der Waals surface area (Å²) in [7, 11) is 0. The van der Waals surface area contributed by atoms with Gasteiger partial charge in [0.15, 0.2) is 0 Å². The second kappa shape index (κ2) is 6.89. The van der Waals surface area contributed by atoms with E-state index >= 15 is 0 Å². The SMILES string of the molecule is CC(Nc1cc(Cl)c(Cl)cc1Cl)c1ccc(Br)cc1Br. The number of hydrogen-bond acceptors (Lipinski definition) is 1. The quantitative estimate of drug-likeness (QED) is 0.475. The molecule has 0 aromatic heterocycles. The Kier molecular flexibility index (Phi) is 5.66. The average molecular weight is 458 g/mol. The maximum absolute atomic E-state index is 6.17. The van der Waals surface area contributed by atoms with Crippen LogP contribution in [0.25, 0.3) is 0 Å². The van der Waals surface area contributed by atoms with Crippen molar-refractivity contribution in [1.29, 1.82) is 0 Å². The van der Waals surface area contributed by atoms with Gasteiger partial charge in [-0.25, -0.2) is 0 Å². The minimum atomic E-state index is 0.0622. The third-order valence-corrected chi connectivity index (χ3v) is 5.03. The highest BCUT2D eigenvalue weighted by Gasteiger charge is 2.12. The van der Waals surface area contributed by atoms with Gasteiger partial charge in [0.2, 0.25) is 0 Å². The molecule has 2 aromatic carbocycles. The highest BCUT2D eigenvalue weighted by Crippen LogP contribution is 2.35. The van der Waals surface area contributed by atoms with Crippen LogP contribution >= 0.6 is 66.7 Å². The van der Waals surface area contributed by atoms with E-state index in [1.54, 1.807) is 12.1 Å². The summed E-state index contributed by atoms with van der Waals surface area (Å²) in [6, 6.07) is 9.47. The molecule has 0 saturated heterocycles. The van der Waals surface area contributed by atoms with Crippen LogP contribution in [0, 0.1) is 0 Å². The lowest BCUT2D eigenvalue weighted by atomic mass is 10.1. The number of benzene rings is 2. The first-order valence-corrected chi connectivity index (χ1v) is 8.46. The van der Waals surface area contributed by atoms with Crippen LogP contribution in [-0.2, 0) is 0 Å².